The second-order valence-electron chi connectivity index (χ2n) is 10.9. The van der Waals surface area contributed by atoms with Gasteiger partial charge in [-0.2, -0.15) is 0 Å². The van der Waals surface area contributed by atoms with Crippen LogP contribution in [0, 0.1) is 11.3 Å². The number of nitrogens with zero attached hydrogens (tertiary/aromatic N) is 1. The molecule has 2 bridgehead atoms. The van der Waals surface area contributed by atoms with Crippen LogP contribution in [0.4, 0.5) is 4.79 Å². The molecule has 2 atom stereocenters. The van der Waals surface area contributed by atoms with Crippen molar-refractivity contribution in [3.63, 3.8) is 0 Å². The van der Waals surface area contributed by atoms with Crippen LogP contribution in [0.5, 0.6) is 11.5 Å². The van der Waals surface area contributed by atoms with E-state index in [1.807, 2.05) is 12.1 Å². The molecule has 0 aromatic heterocycles. The predicted molar refractivity (Wildman–Crippen MR) is 137 cm³/mol. The van der Waals surface area contributed by atoms with Gasteiger partial charge in [0.15, 0.2) is 0 Å². The first kappa shape index (κ1) is 24.0. The summed E-state index contributed by atoms with van der Waals surface area (Å²) in [4.78, 5) is 15.4. The van der Waals surface area contributed by atoms with E-state index >= 15 is 0 Å². The average Bonchev–Trinajstić information content (AvgIpc) is 3.11. The van der Waals surface area contributed by atoms with Crippen LogP contribution in [0.1, 0.15) is 57.2 Å². The molecule has 3 saturated heterocycles. The van der Waals surface area contributed by atoms with Crippen LogP contribution in [0.25, 0.3) is 11.1 Å². The largest absolute Gasteiger partial charge is 0.496 e. The summed E-state index contributed by atoms with van der Waals surface area (Å²) in [6, 6.07) is 12.4. The fraction of sp³-hybridized carbons (Fsp3) is 0.552. The van der Waals surface area contributed by atoms with Gasteiger partial charge in [0.2, 0.25) is 0 Å². The lowest BCUT2D eigenvalue weighted by Crippen LogP contribution is -2.53. The normalized spacial score (nSPS) is 26.2. The van der Waals surface area contributed by atoms with E-state index in [1.165, 1.54) is 5.56 Å². The van der Waals surface area contributed by atoms with Gasteiger partial charge >= 0.3 is 6.09 Å². The highest BCUT2D eigenvalue weighted by Gasteiger charge is 2.42. The van der Waals surface area contributed by atoms with E-state index in [0.29, 0.717) is 12.5 Å². The van der Waals surface area contributed by atoms with Crippen LogP contribution >= 0.6 is 0 Å². The van der Waals surface area contributed by atoms with Crippen molar-refractivity contribution < 1.29 is 19.0 Å². The van der Waals surface area contributed by atoms with Crippen molar-refractivity contribution in [2.24, 2.45) is 11.3 Å². The fourth-order valence-electron chi connectivity index (χ4n) is 6.03. The number of fused-ring (bicyclic) bond motifs is 4. The van der Waals surface area contributed by atoms with Crippen LogP contribution in [0.2, 0.25) is 0 Å². The molecule has 4 aliphatic rings. The SMILES string of the molecule is CCCOc1ccc(-c2cc3c(cc2OC)C(NC(=O)O[C@H]2CN4CCC2CC4)C(C)(C)C3)cc1. The third-order valence-electron chi connectivity index (χ3n) is 7.95. The summed E-state index contributed by atoms with van der Waals surface area (Å²) in [7, 11) is 1.70. The Morgan fingerprint density at radius 1 is 1.14 bits per heavy atom. The number of piperidine rings is 3. The lowest BCUT2D eigenvalue weighted by Gasteiger charge is -2.44. The minimum Gasteiger partial charge on any atom is -0.496 e. The molecule has 6 nitrogen and oxygen atoms in total. The molecule has 1 unspecified atom stereocenters. The van der Waals surface area contributed by atoms with Crippen molar-refractivity contribution >= 4 is 6.09 Å². The average molecular weight is 479 g/mol. The third-order valence-corrected chi connectivity index (χ3v) is 7.95. The lowest BCUT2D eigenvalue weighted by atomic mass is 9.85. The molecular formula is C29H38N2O4. The number of amides is 1. The molecule has 35 heavy (non-hydrogen) atoms. The van der Waals surface area contributed by atoms with Crippen molar-refractivity contribution in [1.29, 1.82) is 0 Å². The Labute approximate surface area is 208 Å². The Bertz CT molecular complexity index is 1060. The lowest BCUT2D eigenvalue weighted by molar-refractivity contribution is -0.0349. The Morgan fingerprint density at radius 2 is 1.89 bits per heavy atom. The molecule has 1 aliphatic carbocycles. The molecule has 1 amide bonds. The zero-order valence-corrected chi connectivity index (χ0v) is 21.4. The van der Waals surface area contributed by atoms with E-state index < -0.39 is 0 Å². The molecule has 3 aliphatic heterocycles. The Balaban J connectivity index is 1.35. The number of hydrogen-bond acceptors (Lipinski definition) is 5. The molecule has 2 aromatic carbocycles. The van der Waals surface area contributed by atoms with E-state index in [2.05, 4.69) is 55.3 Å². The summed E-state index contributed by atoms with van der Waals surface area (Å²) in [5.41, 5.74) is 4.37. The smallest absolute Gasteiger partial charge is 0.407 e. The number of carbonyl (C=O) groups is 1. The minimum absolute atomic E-state index is 0.00248. The first-order valence-corrected chi connectivity index (χ1v) is 13.0. The quantitative estimate of drug-likeness (QED) is 0.562. The number of alkyl carbamates (subject to hydrolysis) is 1. The first-order valence-electron chi connectivity index (χ1n) is 13.0. The van der Waals surface area contributed by atoms with Gasteiger partial charge in [0, 0.05) is 12.1 Å². The molecule has 6 rings (SSSR count). The van der Waals surface area contributed by atoms with E-state index in [0.717, 1.165) is 73.5 Å². The molecule has 0 spiro atoms. The van der Waals surface area contributed by atoms with Gasteiger partial charge in [-0.25, -0.2) is 4.79 Å². The molecule has 188 valence electrons. The molecule has 0 saturated carbocycles. The van der Waals surface area contributed by atoms with Gasteiger partial charge in [0.05, 0.1) is 19.8 Å². The number of methoxy groups -OCH3 is 1. The Kier molecular flexibility index (Phi) is 6.67. The van der Waals surface area contributed by atoms with Gasteiger partial charge in [-0.15, -0.1) is 0 Å². The van der Waals surface area contributed by atoms with Crippen molar-refractivity contribution in [1.82, 2.24) is 10.2 Å². The van der Waals surface area contributed by atoms with Crippen molar-refractivity contribution in [3.8, 4) is 22.6 Å². The third kappa shape index (κ3) is 4.86. The number of carbonyl (C=O) groups excluding carboxylic acids is 1. The van der Waals surface area contributed by atoms with Gasteiger partial charge < -0.3 is 19.5 Å². The van der Waals surface area contributed by atoms with Crippen LogP contribution < -0.4 is 14.8 Å². The first-order chi connectivity index (χ1) is 16.9. The van der Waals surface area contributed by atoms with E-state index in [4.69, 9.17) is 14.2 Å². The summed E-state index contributed by atoms with van der Waals surface area (Å²) in [5.74, 6) is 2.18. The van der Waals surface area contributed by atoms with Crippen LogP contribution in [0.15, 0.2) is 36.4 Å². The van der Waals surface area contributed by atoms with E-state index in [9.17, 15) is 4.79 Å². The summed E-state index contributed by atoms with van der Waals surface area (Å²) in [6.45, 7) is 10.4. The summed E-state index contributed by atoms with van der Waals surface area (Å²) in [5, 5.41) is 3.22. The van der Waals surface area contributed by atoms with Crippen molar-refractivity contribution in [2.75, 3.05) is 33.4 Å². The van der Waals surface area contributed by atoms with Crippen LogP contribution in [0.3, 0.4) is 0 Å². The number of hydrogen-bond donors (Lipinski definition) is 1. The summed E-state index contributed by atoms with van der Waals surface area (Å²) >= 11 is 0. The highest BCUT2D eigenvalue weighted by atomic mass is 16.6. The van der Waals surface area contributed by atoms with Crippen molar-refractivity contribution in [3.05, 3.63) is 47.5 Å². The molecule has 6 heteroatoms. The second-order valence-corrected chi connectivity index (χ2v) is 10.9. The zero-order valence-electron chi connectivity index (χ0n) is 21.4. The Hall–Kier alpha value is -2.73. The number of ether oxygens (including phenoxy) is 3. The number of nitrogens with one attached hydrogen (secondary N) is 1. The maximum atomic E-state index is 13.0. The van der Waals surface area contributed by atoms with E-state index in [-0.39, 0.29) is 23.7 Å². The molecule has 3 heterocycles. The van der Waals surface area contributed by atoms with Crippen LogP contribution in [-0.2, 0) is 11.2 Å². The molecule has 3 fully saturated rings. The van der Waals surface area contributed by atoms with Gasteiger partial charge in [-0.1, -0.05) is 32.9 Å². The fourth-order valence-corrected chi connectivity index (χ4v) is 6.03. The monoisotopic (exact) mass is 478 g/mol. The van der Waals surface area contributed by atoms with Gasteiger partial charge in [-0.3, -0.25) is 4.90 Å². The van der Waals surface area contributed by atoms with Gasteiger partial charge in [0.1, 0.15) is 17.6 Å². The molecular weight excluding hydrogens is 440 g/mol. The Morgan fingerprint density at radius 3 is 2.51 bits per heavy atom. The summed E-state index contributed by atoms with van der Waals surface area (Å²) < 4.78 is 17.5. The second kappa shape index (κ2) is 9.73. The highest BCUT2D eigenvalue weighted by molar-refractivity contribution is 5.74. The predicted octanol–water partition coefficient (Wildman–Crippen LogP) is 5.59. The molecule has 1 N–H and O–H groups in total. The molecule has 0 radical (unpaired) electrons. The zero-order chi connectivity index (χ0) is 24.6. The minimum atomic E-state index is -0.305. The number of rotatable bonds is 7. The summed E-state index contributed by atoms with van der Waals surface area (Å²) in [6.07, 6.45) is 3.81. The van der Waals surface area contributed by atoms with Crippen molar-refractivity contribution in [2.45, 2.75) is 58.6 Å². The number of benzene rings is 2. The maximum absolute atomic E-state index is 13.0. The topological polar surface area (TPSA) is 60.0 Å². The van der Waals surface area contributed by atoms with Crippen LogP contribution in [-0.4, -0.2) is 50.4 Å². The van der Waals surface area contributed by atoms with Gasteiger partial charge in [0.25, 0.3) is 0 Å². The highest BCUT2D eigenvalue weighted by Crippen LogP contribution is 2.48. The standard InChI is InChI=1S/C29H38N2O4/c1-5-14-34-22-8-6-19(7-9-22)23-15-21-17-29(2,3)27(24(21)16-25(23)33-4)30-28(32)35-26-18-31-12-10-20(26)11-13-31/h6-9,15-16,20,26-27H,5,10-14,17-18H2,1-4H3,(H,30,32)/t26-,27?/m0/s1. The molecule has 2 aromatic rings. The van der Waals surface area contributed by atoms with Gasteiger partial charge in [-0.05, 0) is 91.1 Å². The maximum Gasteiger partial charge on any atom is 0.407 e. The van der Waals surface area contributed by atoms with E-state index in [1.54, 1.807) is 7.11 Å².